The Morgan fingerprint density at radius 2 is 1.94 bits per heavy atom. The van der Waals surface area contributed by atoms with E-state index in [1.165, 1.54) is 0 Å². The number of aromatic nitrogens is 1. The molecule has 168 valence electrons. The summed E-state index contributed by atoms with van der Waals surface area (Å²) in [6.07, 6.45) is 4.67. The van der Waals surface area contributed by atoms with E-state index in [1.54, 1.807) is 23.1 Å². The minimum atomic E-state index is -0.171. The number of fused-ring (bicyclic) bond motifs is 1. The first-order chi connectivity index (χ1) is 14.9. The molecule has 0 radical (unpaired) electrons. The molecule has 1 aliphatic rings. The quantitative estimate of drug-likeness (QED) is 0.578. The Morgan fingerprint density at radius 3 is 2.61 bits per heavy atom. The number of hydrogen-bond donors (Lipinski definition) is 0. The summed E-state index contributed by atoms with van der Waals surface area (Å²) in [7, 11) is 1.98. The SMILES string of the molecule is CCCCN(Cc1cccn1C)C(=O)CN(C(=O)c1ccc2c(c1)OCO2)C(C)CC. The second-order valence-corrected chi connectivity index (χ2v) is 8.04. The number of aryl methyl sites for hydroxylation is 1. The molecule has 7 nitrogen and oxygen atoms in total. The zero-order chi connectivity index (χ0) is 22.4. The van der Waals surface area contributed by atoms with Crippen molar-refractivity contribution in [3.63, 3.8) is 0 Å². The lowest BCUT2D eigenvalue weighted by atomic mass is 10.1. The van der Waals surface area contributed by atoms with Crippen LogP contribution in [-0.2, 0) is 18.4 Å². The molecule has 7 heteroatoms. The molecule has 0 saturated carbocycles. The molecule has 0 spiro atoms. The van der Waals surface area contributed by atoms with Gasteiger partial charge in [0.2, 0.25) is 12.7 Å². The summed E-state index contributed by atoms with van der Waals surface area (Å²) in [5.41, 5.74) is 1.57. The Bertz CT molecular complexity index is 908. The largest absolute Gasteiger partial charge is 0.454 e. The Morgan fingerprint density at radius 1 is 1.16 bits per heavy atom. The summed E-state index contributed by atoms with van der Waals surface area (Å²) >= 11 is 0. The second-order valence-electron chi connectivity index (χ2n) is 8.04. The van der Waals surface area contributed by atoms with E-state index < -0.39 is 0 Å². The Balaban J connectivity index is 1.78. The van der Waals surface area contributed by atoms with Crippen molar-refractivity contribution in [2.45, 2.75) is 52.6 Å². The summed E-state index contributed by atoms with van der Waals surface area (Å²) in [6, 6.07) is 9.11. The van der Waals surface area contributed by atoms with Crippen LogP contribution in [0, 0.1) is 0 Å². The molecular formula is C24H33N3O4. The van der Waals surface area contributed by atoms with E-state index in [9.17, 15) is 9.59 Å². The van der Waals surface area contributed by atoms with Gasteiger partial charge in [-0.3, -0.25) is 9.59 Å². The molecule has 1 aromatic carbocycles. The van der Waals surface area contributed by atoms with E-state index in [4.69, 9.17) is 9.47 Å². The first-order valence-electron chi connectivity index (χ1n) is 11.0. The van der Waals surface area contributed by atoms with Crippen LogP contribution in [0.25, 0.3) is 0 Å². The van der Waals surface area contributed by atoms with Gasteiger partial charge in [-0.05, 0) is 50.1 Å². The maximum Gasteiger partial charge on any atom is 0.254 e. The van der Waals surface area contributed by atoms with E-state index in [-0.39, 0.29) is 31.2 Å². The predicted molar refractivity (Wildman–Crippen MR) is 119 cm³/mol. The minimum absolute atomic E-state index is 0.0379. The number of rotatable bonds is 10. The highest BCUT2D eigenvalue weighted by atomic mass is 16.7. The average Bonchev–Trinajstić information content (AvgIpc) is 3.41. The normalized spacial score (nSPS) is 13.2. The van der Waals surface area contributed by atoms with Crippen molar-refractivity contribution in [2.24, 2.45) is 7.05 Å². The summed E-state index contributed by atoms with van der Waals surface area (Å²) < 4.78 is 12.8. The molecule has 0 saturated heterocycles. The molecule has 1 unspecified atom stereocenters. The fourth-order valence-electron chi connectivity index (χ4n) is 3.59. The number of carbonyl (C=O) groups is 2. The van der Waals surface area contributed by atoms with Crippen molar-refractivity contribution >= 4 is 11.8 Å². The van der Waals surface area contributed by atoms with E-state index in [0.717, 1.165) is 25.0 Å². The van der Waals surface area contributed by atoms with Crippen LogP contribution in [0.5, 0.6) is 11.5 Å². The van der Waals surface area contributed by atoms with Crippen LogP contribution in [0.15, 0.2) is 36.5 Å². The molecule has 2 aromatic rings. The van der Waals surface area contributed by atoms with E-state index >= 15 is 0 Å². The first kappa shape index (κ1) is 22.7. The van der Waals surface area contributed by atoms with Crippen molar-refractivity contribution in [3.05, 3.63) is 47.8 Å². The molecule has 0 fully saturated rings. The lowest BCUT2D eigenvalue weighted by Crippen LogP contribution is -2.46. The number of ether oxygens (including phenoxy) is 2. The molecule has 2 heterocycles. The Labute approximate surface area is 184 Å². The van der Waals surface area contributed by atoms with Gasteiger partial charge in [-0.2, -0.15) is 0 Å². The predicted octanol–water partition coefficient (Wildman–Crippen LogP) is 3.82. The third-order valence-electron chi connectivity index (χ3n) is 5.85. The van der Waals surface area contributed by atoms with E-state index in [0.29, 0.717) is 30.2 Å². The van der Waals surface area contributed by atoms with Gasteiger partial charge in [0.05, 0.1) is 6.54 Å². The molecule has 1 aliphatic heterocycles. The Kier molecular flexibility index (Phi) is 7.60. The molecule has 0 bridgehead atoms. The third-order valence-corrected chi connectivity index (χ3v) is 5.85. The number of carbonyl (C=O) groups excluding carboxylic acids is 2. The molecule has 0 N–H and O–H groups in total. The summed E-state index contributed by atoms with van der Waals surface area (Å²) in [6.45, 7) is 7.53. The lowest BCUT2D eigenvalue weighted by molar-refractivity contribution is -0.133. The molecule has 1 atom stereocenters. The van der Waals surface area contributed by atoms with Crippen molar-refractivity contribution in [1.82, 2.24) is 14.4 Å². The van der Waals surface area contributed by atoms with Gasteiger partial charge < -0.3 is 23.8 Å². The number of nitrogens with zero attached hydrogens (tertiary/aromatic N) is 3. The fraction of sp³-hybridized carbons (Fsp3) is 0.500. The van der Waals surface area contributed by atoms with Crippen LogP contribution in [0.4, 0.5) is 0 Å². The Hall–Kier alpha value is -2.96. The van der Waals surface area contributed by atoms with Crippen molar-refractivity contribution in [3.8, 4) is 11.5 Å². The van der Waals surface area contributed by atoms with Gasteiger partial charge in [-0.15, -0.1) is 0 Å². The number of hydrogen-bond acceptors (Lipinski definition) is 4. The van der Waals surface area contributed by atoms with Crippen molar-refractivity contribution in [2.75, 3.05) is 19.9 Å². The van der Waals surface area contributed by atoms with Gasteiger partial charge >= 0.3 is 0 Å². The van der Waals surface area contributed by atoms with Crippen LogP contribution in [0.2, 0.25) is 0 Å². The van der Waals surface area contributed by atoms with Gasteiger partial charge in [0, 0.05) is 37.1 Å². The first-order valence-corrected chi connectivity index (χ1v) is 11.0. The van der Waals surface area contributed by atoms with Crippen LogP contribution in [0.3, 0.4) is 0 Å². The standard InChI is InChI=1S/C24H33N3O4/c1-5-7-13-26(15-20-9-8-12-25(20)4)23(28)16-27(18(3)6-2)24(29)19-10-11-21-22(14-19)31-17-30-21/h8-12,14,18H,5-7,13,15-17H2,1-4H3. The minimum Gasteiger partial charge on any atom is -0.454 e. The van der Waals surface area contributed by atoms with Gasteiger partial charge in [0.25, 0.3) is 5.91 Å². The zero-order valence-electron chi connectivity index (χ0n) is 19.0. The molecule has 2 amide bonds. The molecule has 31 heavy (non-hydrogen) atoms. The highest BCUT2D eigenvalue weighted by Crippen LogP contribution is 2.33. The van der Waals surface area contributed by atoms with Crippen LogP contribution in [-0.4, -0.2) is 52.1 Å². The van der Waals surface area contributed by atoms with Crippen LogP contribution < -0.4 is 9.47 Å². The fourth-order valence-corrected chi connectivity index (χ4v) is 3.59. The van der Waals surface area contributed by atoms with Crippen LogP contribution >= 0.6 is 0 Å². The molecule has 0 aliphatic carbocycles. The molecule has 1 aromatic heterocycles. The van der Waals surface area contributed by atoms with E-state index in [2.05, 4.69) is 6.92 Å². The van der Waals surface area contributed by atoms with Gasteiger partial charge in [-0.1, -0.05) is 20.3 Å². The maximum atomic E-state index is 13.3. The monoisotopic (exact) mass is 427 g/mol. The summed E-state index contributed by atoms with van der Waals surface area (Å²) in [4.78, 5) is 30.2. The van der Waals surface area contributed by atoms with Crippen molar-refractivity contribution < 1.29 is 19.1 Å². The topological polar surface area (TPSA) is 64.0 Å². The molecular weight excluding hydrogens is 394 g/mol. The molecule has 3 rings (SSSR count). The summed E-state index contributed by atoms with van der Waals surface area (Å²) in [5.74, 6) is 0.991. The maximum absolute atomic E-state index is 13.3. The zero-order valence-corrected chi connectivity index (χ0v) is 19.0. The van der Waals surface area contributed by atoms with Crippen LogP contribution in [0.1, 0.15) is 56.1 Å². The van der Waals surface area contributed by atoms with Gasteiger partial charge in [-0.25, -0.2) is 0 Å². The van der Waals surface area contributed by atoms with E-state index in [1.807, 2.05) is 48.7 Å². The van der Waals surface area contributed by atoms with Gasteiger partial charge in [0.15, 0.2) is 11.5 Å². The highest BCUT2D eigenvalue weighted by Gasteiger charge is 2.27. The number of amides is 2. The smallest absolute Gasteiger partial charge is 0.254 e. The lowest BCUT2D eigenvalue weighted by Gasteiger charge is -2.31. The number of unbranched alkanes of at least 4 members (excludes halogenated alkanes) is 1. The van der Waals surface area contributed by atoms with Gasteiger partial charge in [0.1, 0.15) is 6.54 Å². The highest BCUT2D eigenvalue weighted by molar-refractivity contribution is 5.97. The number of benzene rings is 1. The summed E-state index contributed by atoms with van der Waals surface area (Å²) in [5, 5.41) is 0. The van der Waals surface area contributed by atoms with Crippen molar-refractivity contribution in [1.29, 1.82) is 0 Å². The third kappa shape index (κ3) is 5.40. The second kappa shape index (κ2) is 10.4. The average molecular weight is 428 g/mol.